The van der Waals surface area contributed by atoms with Gasteiger partial charge in [0.1, 0.15) is 0 Å². The first-order valence-electron chi connectivity index (χ1n) is 12.5. The van der Waals surface area contributed by atoms with E-state index in [1.165, 1.54) is 5.57 Å². The van der Waals surface area contributed by atoms with Crippen molar-refractivity contribution in [2.24, 2.45) is 23.7 Å². The highest BCUT2D eigenvalue weighted by molar-refractivity contribution is 7.88. The maximum absolute atomic E-state index is 12.6. The number of rotatable bonds is 11. The predicted octanol–water partition coefficient (Wildman–Crippen LogP) is 2.80. The van der Waals surface area contributed by atoms with Crippen LogP contribution in [-0.4, -0.2) is 65.2 Å². The molecule has 0 aromatic heterocycles. The van der Waals surface area contributed by atoms with Gasteiger partial charge in [0.05, 0.1) is 19.0 Å². The number of nitrogens with zero attached hydrogens (tertiary/aromatic N) is 1. The van der Waals surface area contributed by atoms with Gasteiger partial charge in [0.25, 0.3) is 0 Å². The lowest BCUT2D eigenvalue weighted by Crippen LogP contribution is -2.42. The molecule has 0 saturated carbocycles. The molecule has 1 saturated heterocycles. The van der Waals surface area contributed by atoms with Crippen LogP contribution in [0.1, 0.15) is 39.2 Å². The first-order valence-corrected chi connectivity index (χ1v) is 14.1. The zero-order chi connectivity index (χ0) is 24.6. The van der Waals surface area contributed by atoms with Crippen molar-refractivity contribution in [3.05, 3.63) is 47.5 Å². The lowest BCUT2D eigenvalue weighted by molar-refractivity contribution is -0.122. The second-order valence-corrected chi connectivity index (χ2v) is 11.8. The molecule has 0 radical (unpaired) electrons. The molecule has 0 spiro atoms. The first-order chi connectivity index (χ1) is 16.2. The Hall–Kier alpha value is -1.74. The van der Waals surface area contributed by atoms with Crippen molar-refractivity contribution in [2.75, 3.05) is 45.9 Å². The lowest BCUT2D eigenvalue weighted by atomic mass is 9.70. The highest BCUT2D eigenvalue weighted by atomic mass is 32.2. The van der Waals surface area contributed by atoms with Crippen LogP contribution >= 0.6 is 0 Å². The molecule has 2 aliphatic rings. The van der Waals surface area contributed by atoms with E-state index in [0.717, 1.165) is 44.8 Å². The third-order valence-electron chi connectivity index (χ3n) is 7.11. The Bertz CT molecular complexity index is 911. The third-order valence-corrected chi connectivity index (χ3v) is 8.43. The van der Waals surface area contributed by atoms with Gasteiger partial charge < -0.3 is 10.1 Å². The van der Waals surface area contributed by atoms with Gasteiger partial charge in [-0.1, -0.05) is 55.8 Å². The molecule has 1 amide bonds. The topological polar surface area (TPSA) is 87.7 Å². The number of benzene rings is 1. The minimum atomic E-state index is -3.41. The van der Waals surface area contributed by atoms with Crippen LogP contribution in [0.25, 0.3) is 0 Å². The van der Waals surface area contributed by atoms with Crippen molar-refractivity contribution in [2.45, 2.75) is 39.4 Å². The number of hydrogen-bond donors (Lipinski definition) is 2. The van der Waals surface area contributed by atoms with Crippen LogP contribution in [0.4, 0.5) is 0 Å². The summed E-state index contributed by atoms with van der Waals surface area (Å²) in [5.74, 6) is 1.15. The van der Waals surface area contributed by atoms with E-state index in [2.05, 4.69) is 41.8 Å². The summed E-state index contributed by atoms with van der Waals surface area (Å²) >= 11 is 0. The van der Waals surface area contributed by atoms with Gasteiger partial charge >= 0.3 is 0 Å². The summed E-state index contributed by atoms with van der Waals surface area (Å²) in [5.41, 5.74) is 1.97. The highest BCUT2D eigenvalue weighted by Gasteiger charge is 2.33. The molecule has 7 nitrogen and oxygen atoms in total. The van der Waals surface area contributed by atoms with E-state index in [1.54, 1.807) is 0 Å². The van der Waals surface area contributed by atoms with Gasteiger partial charge in [0, 0.05) is 39.1 Å². The van der Waals surface area contributed by atoms with E-state index in [0.29, 0.717) is 31.3 Å². The van der Waals surface area contributed by atoms with E-state index in [4.69, 9.17) is 4.74 Å². The molecule has 1 aromatic carbocycles. The molecule has 1 aromatic rings. The van der Waals surface area contributed by atoms with E-state index < -0.39 is 10.0 Å². The maximum atomic E-state index is 12.6. The molecule has 34 heavy (non-hydrogen) atoms. The molecule has 1 aliphatic heterocycles. The summed E-state index contributed by atoms with van der Waals surface area (Å²) in [6.45, 7) is 11.7. The van der Waals surface area contributed by atoms with Gasteiger partial charge in [-0.3, -0.25) is 9.69 Å². The number of hydrogen-bond acceptors (Lipinski definition) is 5. The van der Waals surface area contributed by atoms with Crippen molar-refractivity contribution in [3.8, 4) is 0 Å². The van der Waals surface area contributed by atoms with Gasteiger partial charge in [0.2, 0.25) is 15.9 Å². The second-order valence-electron chi connectivity index (χ2n) is 10.0. The second kappa shape index (κ2) is 12.8. The van der Waals surface area contributed by atoms with E-state index >= 15 is 0 Å². The zero-order valence-corrected chi connectivity index (χ0v) is 21.6. The van der Waals surface area contributed by atoms with Crippen LogP contribution < -0.4 is 10.0 Å². The van der Waals surface area contributed by atoms with E-state index in [1.807, 2.05) is 30.3 Å². The van der Waals surface area contributed by atoms with Crippen LogP contribution in [0.2, 0.25) is 0 Å². The predicted molar refractivity (Wildman–Crippen MR) is 136 cm³/mol. The summed E-state index contributed by atoms with van der Waals surface area (Å²) in [6, 6.07) is 9.25. The highest BCUT2D eigenvalue weighted by Crippen LogP contribution is 2.38. The molecule has 0 bridgehead atoms. The minimum Gasteiger partial charge on any atom is -0.379 e. The van der Waals surface area contributed by atoms with Crippen LogP contribution in [0, 0.1) is 23.7 Å². The Morgan fingerprint density at radius 1 is 1.18 bits per heavy atom. The SMILES string of the molecule is CC1=C[C@@H](CNS(=O)(=O)Cc2ccccc2)[C@H](C(C)C)C[C@H]1CC(=O)NCCN1CCOCC1. The van der Waals surface area contributed by atoms with E-state index in [-0.39, 0.29) is 23.5 Å². The molecular formula is C26H41N3O4S. The summed E-state index contributed by atoms with van der Waals surface area (Å²) < 4.78 is 33.5. The lowest BCUT2D eigenvalue weighted by Gasteiger charge is -2.37. The van der Waals surface area contributed by atoms with Crippen molar-refractivity contribution in [1.82, 2.24) is 14.9 Å². The monoisotopic (exact) mass is 491 g/mol. The van der Waals surface area contributed by atoms with Gasteiger partial charge in [0.15, 0.2) is 0 Å². The molecule has 0 unspecified atom stereocenters. The van der Waals surface area contributed by atoms with Crippen LogP contribution in [-0.2, 0) is 25.3 Å². The first kappa shape index (κ1) is 26.9. The molecule has 1 aliphatic carbocycles. The Kier molecular flexibility index (Phi) is 10.1. The number of morpholine rings is 1. The summed E-state index contributed by atoms with van der Waals surface area (Å²) in [7, 11) is -3.41. The van der Waals surface area contributed by atoms with Gasteiger partial charge in [-0.2, -0.15) is 0 Å². The summed E-state index contributed by atoms with van der Waals surface area (Å²) in [6.07, 6.45) is 3.59. The van der Waals surface area contributed by atoms with Gasteiger partial charge in [-0.25, -0.2) is 13.1 Å². The Balaban J connectivity index is 1.51. The minimum absolute atomic E-state index is 0.0111. The number of ether oxygens (including phenoxy) is 1. The number of allylic oxidation sites excluding steroid dienone is 1. The standard InChI is InChI=1S/C26H41N3O4S/c1-20(2)25-16-23(17-26(30)27-9-10-29-11-13-33-14-12-29)21(3)15-24(25)18-28-34(31,32)19-22-7-5-4-6-8-22/h4-8,15,20,23-25,28H,9-14,16-19H2,1-3H3,(H,27,30)/t23-,24-,25-/m0/s1. The van der Waals surface area contributed by atoms with Crippen molar-refractivity contribution in [1.29, 1.82) is 0 Å². The molecule has 8 heteroatoms. The fraction of sp³-hybridized carbons (Fsp3) is 0.654. The number of nitrogens with one attached hydrogen (secondary N) is 2. The largest absolute Gasteiger partial charge is 0.379 e. The van der Waals surface area contributed by atoms with Crippen LogP contribution in [0.3, 0.4) is 0 Å². The van der Waals surface area contributed by atoms with E-state index in [9.17, 15) is 13.2 Å². The number of carbonyl (C=O) groups is 1. The Labute approximate surface area is 205 Å². The normalized spacial score (nSPS) is 24.1. The number of sulfonamides is 1. The summed E-state index contributed by atoms with van der Waals surface area (Å²) in [4.78, 5) is 14.9. The number of carbonyl (C=O) groups excluding carboxylic acids is 1. The van der Waals surface area contributed by atoms with Crippen LogP contribution in [0.5, 0.6) is 0 Å². The van der Waals surface area contributed by atoms with Crippen molar-refractivity contribution in [3.63, 3.8) is 0 Å². The fourth-order valence-electron chi connectivity index (χ4n) is 5.05. The van der Waals surface area contributed by atoms with Crippen molar-refractivity contribution < 1.29 is 17.9 Å². The molecule has 190 valence electrons. The molecular weight excluding hydrogens is 450 g/mol. The quantitative estimate of drug-likeness (QED) is 0.465. The number of amides is 1. The average molecular weight is 492 g/mol. The molecule has 1 heterocycles. The molecule has 3 atom stereocenters. The maximum Gasteiger partial charge on any atom is 0.220 e. The van der Waals surface area contributed by atoms with Crippen molar-refractivity contribution >= 4 is 15.9 Å². The van der Waals surface area contributed by atoms with Gasteiger partial charge in [-0.05, 0) is 42.6 Å². The summed E-state index contributed by atoms with van der Waals surface area (Å²) in [5, 5.41) is 3.08. The average Bonchev–Trinajstić information content (AvgIpc) is 2.80. The zero-order valence-electron chi connectivity index (χ0n) is 20.8. The third kappa shape index (κ3) is 8.48. The Morgan fingerprint density at radius 2 is 1.88 bits per heavy atom. The molecule has 3 rings (SSSR count). The smallest absolute Gasteiger partial charge is 0.220 e. The molecule has 1 fully saturated rings. The van der Waals surface area contributed by atoms with Crippen LogP contribution in [0.15, 0.2) is 42.0 Å². The van der Waals surface area contributed by atoms with Gasteiger partial charge in [-0.15, -0.1) is 0 Å². The fourth-order valence-corrected chi connectivity index (χ4v) is 6.23. The molecule has 2 N–H and O–H groups in total. The Morgan fingerprint density at radius 3 is 2.56 bits per heavy atom.